The highest BCUT2D eigenvalue weighted by Gasteiger charge is 2.30. The SMILES string of the molecule is CC1CCN(Cc2ccc(N/C(=C3\C(=O)Nc4ccc([N+](=O)[O-])cc43)c3ccccc3)cc2)CC1. The minimum Gasteiger partial charge on any atom is -0.354 e. The monoisotopic (exact) mass is 468 g/mol. The van der Waals surface area contributed by atoms with Crippen LogP contribution in [-0.2, 0) is 11.3 Å². The van der Waals surface area contributed by atoms with Crippen LogP contribution in [0.3, 0.4) is 0 Å². The van der Waals surface area contributed by atoms with Crippen molar-refractivity contribution in [2.24, 2.45) is 5.92 Å². The zero-order chi connectivity index (χ0) is 24.4. The molecule has 2 heterocycles. The van der Waals surface area contributed by atoms with Gasteiger partial charge in [-0.25, -0.2) is 0 Å². The Balaban J connectivity index is 1.47. The fraction of sp³-hybridized carbons (Fsp3) is 0.250. The molecular formula is C28H28N4O3. The van der Waals surface area contributed by atoms with Gasteiger partial charge < -0.3 is 10.6 Å². The van der Waals surface area contributed by atoms with Crippen molar-refractivity contribution in [3.8, 4) is 0 Å². The summed E-state index contributed by atoms with van der Waals surface area (Å²) in [6.45, 7) is 5.51. The number of nitro benzene ring substituents is 1. The first-order valence-corrected chi connectivity index (χ1v) is 12.0. The predicted molar refractivity (Wildman–Crippen MR) is 139 cm³/mol. The number of non-ortho nitro benzene ring substituents is 1. The van der Waals surface area contributed by atoms with E-state index in [2.05, 4.69) is 34.6 Å². The molecule has 0 aromatic heterocycles. The van der Waals surface area contributed by atoms with Gasteiger partial charge in [-0.1, -0.05) is 49.4 Å². The lowest BCUT2D eigenvalue weighted by atomic mass is 9.98. The molecule has 0 spiro atoms. The van der Waals surface area contributed by atoms with E-state index in [0.29, 0.717) is 22.5 Å². The number of carbonyl (C=O) groups excluding carboxylic acids is 1. The van der Waals surface area contributed by atoms with Gasteiger partial charge in [0.15, 0.2) is 0 Å². The number of carbonyl (C=O) groups is 1. The molecule has 0 atom stereocenters. The second-order valence-corrected chi connectivity index (χ2v) is 9.34. The summed E-state index contributed by atoms with van der Waals surface area (Å²) in [5.41, 5.74) is 4.95. The molecule has 1 fully saturated rings. The van der Waals surface area contributed by atoms with E-state index in [-0.39, 0.29) is 11.6 Å². The van der Waals surface area contributed by atoms with Gasteiger partial charge in [0.2, 0.25) is 0 Å². The Bertz CT molecular complexity index is 1280. The Hall–Kier alpha value is -3.97. The Kier molecular flexibility index (Phi) is 6.33. The van der Waals surface area contributed by atoms with Crippen LogP contribution in [0.25, 0.3) is 11.3 Å². The number of hydrogen-bond donors (Lipinski definition) is 2. The number of nitro groups is 1. The standard InChI is InChI=1S/C28H28N4O3/c1-19-13-15-31(16-14-19)18-20-7-9-22(10-8-20)29-27(21-5-3-2-4-6-21)26-24-17-23(32(34)35)11-12-25(24)30-28(26)33/h2-12,17,19,29H,13-16,18H2,1H3,(H,30,33)/b27-26-. The lowest BCUT2D eigenvalue weighted by Crippen LogP contribution is -2.32. The number of rotatable bonds is 6. The van der Waals surface area contributed by atoms with E-state index in [0.717, 1.165) is 36.8 Å². The van der Waals surface area contributed by atoms with Gasteiger partial charge in [-0.15, -0.1) is 0 Å². The molecule has 0 bridgehead atoms. The van der Waals surface area contributed by atoms with Crippen molar-refractivity contribution in [2.45, 2.75) is 26.3 Å². The maximum atomic E-state index is 13.0. The number of benzene rings is 3. The molecule has 0 aliphatic carbocycles. The molecule has 178 valence electrons. The van der Waals surface area contributed by atoms with Crippen LogP contribution >= 0.6 is 0 Å². The number of piperidine rings is 1. The quantitative estimate of drug-likeness (QED) is 0.273. The molecule has 0 radical (unpaired) electrons. The Morgan fingerprint density at radius 1 is 1.06 bits per heavy atom. The van der Waals surface area contributed by atoms with Crippen LogP contribution in [0.15, 0.2) is 72.8 Å². The van der Waals surface area contributed by atoms with Crippen LogP contribution in [0.4, 0.5) is 17.1 Å². The van der Waals surface area contributed by atoms with Crippen LogP contribution in [-0.4, -0.2) is 28.8 Å². The number of anilines is 2. The molecule has 2 aliphatic rings. The highest BCUT2D eigenvalue weighted by Crippen LogP contribution is 2.39. The number of nitrogens with one attached hydrogen (secondary N) is 2. The van der Waals surface area contributed by atoms with E-state index in [9.17, 15) is 14.9 Å². The third-order valence-corrected chi connectivity index (χ3v) is 6.78. The van der Waals surface area contributed by atoms with Crippen molar-refractivity contribution in [1.29, 1.82) is 0 Å². The van der Waals surface area contributed by atoms with Crippen molar-refractivity contribution in [3.63, 3.8) is 0 Å². The maximum Gasteiger partial charge on any atom is 0.270 e. The van der Waals surface area contributed by atoms with E-state index >= 15 is 0 Å². The number of hydrogen-bond acceptors (Lipinski definition) is 5. The van der Waals surface area contributed by atoms with Crippen molar-refractivity contribution in [1.82, 2.24) is 4.90 Å². The lowest BCUT2D eigenvalue weighted by molar-refractivity contribution is -0.384. The summed E-state index contributed by atoms with van der Waals surface area (Å²) in [5.74, 6) is 0.518. The maximum absolute atomic E-state index is 13.0. The average Bonchev–Trinajstić information content (AvgIpc) is 3.20. The summed E-state index contributed by atoms with van der Waals surface area (Å²) in [5, 5.41) is 17.6. The van der Waals surface area contributed by atoms with Crippen LogP contribution in [0.5, 0.6) is 0 Å². The Labute approximate surface area is 204 Å². The zero-order valence-corrected chi connectivity index (χ0v) is 19.7. The van der Waals surface area contributed by atoms with Gasteiger partial charge in [0.25, 0.3) is 11.6 Å². The molecule has 3 aromatic rings. The predicted octanol–water partition coefficient (Wildman–Crippen LogP) is 5.76. The van der Waals surface area contributed by atoms with Crippen molar-refractivity contribution < 1.29 is 9.72 Å². The van der Waals surface area contributed by atoms with Gasteiger partial charge in [-0.05, 0) is 61.2 Å². The molecule has 5 rings (SSSR count). The summed E-state index contributed by atoms with van der Waals surface area (Å²) in [7, 11) is 0. The second-order valence-electron chi connectivity index (χ2n) is 9.34. The fourth-order valence-corrected chi connectivity index (χ4v) is 4.72. The fourth-order valence-electron chi connectivity index (χ4n) is 4.72. The summed E-state index contributed by atoms with van der Waals surface area (Å²) < 4.78 is 0. The van der Waals surface area contributed by atoms with Crippen molar-refractivity contribution in [3.05, 3.63) is 99.6 Å². The number of likely N-dealkylation sites (tertiary alicyclic amines) is 1. The lowest BCUT2D eigenvalue weighted by Gasteiger charge is -2.30. The third-order valence-electron chi connectivity index (χ3n) is 6.78. The van der Waals surface area contributed by atoms with Crippen LogP contribution < -0.4 is 10.6 Å². The van der Waals surface area contributed by atoms with Gasteiger partial charge in [0, 0.05) is 35.6 Å². The van der Waals surface area contributed by atoms with Gasteiger partial charge in [-0.2, -0.15) is 0 Å². The van der Waals surface area contributed by atoms with E-state index in [1.54, 1.807) is 6.07 Å². The first kappa shape index (κ1) is 22.8. The molecule has 2 aliphatic heterocycles. The van der Waals surface area contributed by atoms with Gasteiger partial charge in [0.05, 0.1) is 16.2 Å². The van der Waals surface area contributed by atoms with E-state index < -0.39 is 4.92 Å². The van der Waals surface area contributed by atoms with Gasteiger partial charge in [-0.3, -0.25) is 19.8 Å². The summed E-state index contributed by atoms with van der Waals surface area (Å²) in [6.07, 6.45) is 2.49. The highest BCUT2D eigenvalue weighted by atomic mass is 16.6. The number of amides is 1. The number of fused-ring (bicyclic) bond motifs is 1. The average molecular weight is 469 g/mol. The molecule has 3 aromatic carbocycles. The summed E-state index contributed by atoms with van der Waals surface area (Å²) in [6, 6.07) is 22.3. The van der Waals surface area contributed by atoms with Crippen LogP contribution in [0, 0.1) is 16.0 Å². The smallest absolute Gasteiger partial charge is 0.270 e. The third kappa shape index (κ3) is 4.95. The molecule has 1 amide bonds. The number of nitrogens with zero attached hydrogens (tertiary/aromatic N) is 2. The van der Waals surface area contributed by atoms with E-state index in [1.165, 1.54) is 30.5 Å². The van der Waals surface area contributed by atoms with Crippen LogP contribution in [0.1, 0.15) is 36.5 Å². The molecule has 2 N–H and O–H groups in total. The van der Waals surface area contributed by atoms with Crippen molar-refractivity contribution >= 4 is 34.2 Å². The molecule has 1 saturated heterocycles. The molecule has 0 unspecified atom stereocenters. The largest absolute Gasteiger partial charge is 0.354 e. The Morgan fingerprint density at radius 3 is 2.46 bits per heavy atom. The van der Waals surface area contributed by atoms with Gasteiger partial charge in [0.1, 0.15) is 0 Å². The first-order chi connectivity index (χ1) is 17.0. The first-order valence-electron chi connectivity index (χ1n) is 12.0. The molecular weight excluding hydrogens is 440 g/mol. The van der Waals surface area contributed by atoms with E-state index in [4.69, 9.17) is 0 Å². The molecule has 7 nitrogen and oxygen atoms in total. The van der Waals surface area contributed by atoms with Crippen LogP contribution in [0.2, 0.25) is 0 Å². The summed E-state index contributed by atoms with van der Waals surface area (Å²) >= 11 is 0. The van der Waals surface area contributed by atoms with Gasteiger partial charge >= 0.3 is 0 Å². The minimum absolute atomic E-state index is 0.0541. The summed E-state index contributed by atoms with van der Waals surface area (Å²) in [4.78, 5) is 26.5. The Morgan fingerprint density at radius 2 is 1.77 bits per heavy atom. The second kappa shape index (κ2) is 9.72. The molecule has 35 heavy (non-hydrogen) atoms. The normalized spacial score (nSPS) is 17.6. The topological polar surface area (TPSA) is 87.5 Å². The van der Waals surface area contributed by atoms with E-state index in [1.807, 2.05) is 42.5 Å². The zero-order valence-electron chi connectivity index (χ0n) is 19.7. The van der Waals surface area contributed by atoms with Crippen molar-refractivity contribution in [2.75, 3.05) is 23.7 Å². The molecule has 7 heteroatoms. The minimum atomic E-state index is -0.446. The highest BCUT2D eigenvalue weighted by molar-refractivity contribution is 6.37. The molecule has 0 saturated carbocycles.